The van der Waals surface area contributed by atoms with Crippen LogP contribution in [0.15, 0.2) is 32.4 Å². The van der Waals surface area contributed by atoms with Gasteiger partial charge in [-0.1, -0.05) is 15.9 Å². The SMILES string of the molecule is COC(=O)c1ncsc1S(=O)(=O)Nc1ccc(Br)c(C)c1. The fraction of sp³-hybridized carbons (Fsp3) is 0.167. The maximum Gasteiger partial charge on any atom is 0.358 e. The van der Waals surface area contributed by atoms with Gasteiger partial charge in [-0.25, -0.2) is 18.2 Å². The average Bonchev–Trinajstić information content (AvgIpc) is 2.92. The quantitative estimate of drug-likeness (QED) is 0.811. The highest BCUT2D eigenvalue weighted by Gasteiger charge is 2.26. The van der Waals surface area contributed by atoms with Crippen LogP contribution in [0.4, 0.5) is 5.69 Å². The van der Waals surface area contributed by atoms with Gasteiger partial charge >= 0.3 is 5.97 Å². The molecule has 6 nitrogen and oxygen atoms in total. The maximum absolute atomic E-state index is 12.3. The number of methoxy groups -OCH3 is 1. The molecule has 0 aliphatic rings. The number of thiazole rings is 1. The van der Waals surface area contributed by atoms with Crippen LogP contribution in [0, 0.1) is 6.92 Å². The molecule has 9 heteroatoms. The second kappa shape index (κ2) is 6.12. The number of halogens is 1. The third-order valence-corrected chi connectivity index (χ3v) is 6.21. The maximum atomic E-state index is 12.3. The van der Waals surface area contributed by atoms with Crippen LogP contribution in [-0.2, 0) is 14.8 Å². The lowest BCUT2D eigenvalue weighted by molar-refractivity contribution is 0.0590. The number of anilines is 1. The Balaban J connectivity index is 2.37. The minimum absolute atomic E-state index is 0.171. The van der Waals surface area contributed by atoms with Crippen LogP contribution in [0.25, 0.3) is 0 Å². The summed E-state index contributed by atoms with van der Waals surface area (Å²) in [6.45, 7) is 1.84. The lowest BCUT2D eigenvalue weighted by Crippen LogP contribution is -2.16. The van der Waals surface area contributed by atoms with Crippen molar-refractivity contribution in [2.24, 2.45) is 0 Å². The average molecular weight is 391 g/mol. The number of ether oxygens (including phenoxy) is 1. The molecule has 0 spiro atoms. The number of aromatic nitrogens is 1. The largest absolute Gasteiger partial charge is 0.464 e. The number of carbonyl (C=O) groups is 1. The van der Waals surface area contributed by atoms with Gasteiger partial charge in [0.05, 0.1) is 12.6 Å². The van der Waals surface area contributed by atoms with Crippen molar-refractivity contribution in [2.45, 2.75) is 11.1 Å². The van der Waals surface area contributed by atoms with Crippen LogP contribution in [0.2, 0.25) is 0 Å². The summed E-state index contributed by atoms with van der Waals surface area (Å²) in [6.07, 6.45) is 0. The lowest BCUT2D eigenvalue weighted by atomic mass is 10.2. The Kier molecular flexibility index (Phi) is 4.64. The van der Waals surface area contributed by atoms with Gasteiger partial charge < -0.3 is 4.74 Å². The molecule has 0 atom stereocenters. The summed E-state index contributed by atoms with van der Waals surface area (Å²) in [5.41, 5.74) is 2.35. The van der Waals surface area contributed by atoms with E-state index in [9.17, 15) is 13.2 Å². The number of rotatable bonds is 4. The number of sulfonamides is 1. The van der Waals surface area contributed by atoms with Crippen LogP contribution in [0.3, 0.4) is 0 Å². The van der Waals surface area contributed by atoms with Crippen LogP contribution >= 0.6 is 27.3 Å². The number of nitrogens with zero attached hydrogens (tertiary/aromatic N) is 1. The van der Waals surface area contributed by atoms with Gasteiger partial charge in [-0.2, -0.15) is 0 Å². The summed E-state index contributed by atoms with van der Waals surface area (Å²) in [5, 5.41) is 0. The van der Waals surface area contributed by atoms with E-state index in [1.807, 2.05) is 6.92 Å². The molecule has 0 fully saturated rings. The monoisotopic (exact) mass is 390 g/mol. The van der Waals surface area contributed by atoms with Gasteiger partial charge in [-0.15, -0.1) is 11.3 Å². The van der Waals surface area contributed by atoms with Gasteiger partial charge in [0.25, 0.3) is 10.0 Å². The van der Waals surface area contributed by atoms with Crippen molar-refractivity contribution in [3.8, 4) is 0 Å². The third-order valence-electron chi connectivity index (χ3n) is 2.57. The first-order chi connectivity index (χ1) is 9.85. The summed E-state index contributed by atoms with van der Waals surface area (Å²) in [5.74, 6) is -0.788. The summed E-state index contributed by atoms with van der Waals surface area (Å²) >= 11 is 4.20. The molecule has 1 aromatic heterocycles. The fourth-order valence-electron chi connectivity index (χ4n) is 1.57. The number of carbonyl (C=O) groups excluding carboxylic acids is 1. The Morgan fingerprint density at radius 3 is 2.76 bits per heavy atom. The normalized spacial score (nSPS) is 11.2. The first-order valence-electron chi connectivity index (χ1n) is 5.66. The first kappa shape index (κ1) is 15.9. The molecule has 2 aromatic rings. The van der Waals surface area contributed by atoms with Crippen molar-refractivity contribution in [1.29, 1.82) is 0 Å². The molecule has 0 amide bonds. The molecule has 0 saturated carbocycles. The summed E-state index contributed by atoms with van der Waals surface area (Å²) in [7, 11) is -2.73. The van der Waals surface area contributed by atoms with Crippen LogP contribution in [0.5, 0.6) is 0 Å². The second-order valence-electron chi connectivity index (χ2n) is 4.05. The highest BCUT2D eigenvalue weighted by Crippen LogP contribution is 2.26. The molecule has 112 valence electrons. The Morgan fingerprint density at radius 2 is 2.14 bits per heavy atom. The van der Waals surface area contributed by atoms with E-state index in [0.29, 0.717) is 5.69 Å². The number of aryl methyl sites for hydroxylation is 1. The molecule has 1 aromatic carbocycles. The molecule has 0 bridgehead atoms. The minimum Gasteiger partial charge on any atom is -0.464 e. The van der Waals surface area contributed by atoms with E-state index in [0.717, 1.165) is 21.4 Å². The molecule has 0 radical (unpaired) electrons. The highest BCUT2D eigenvalue weighted by atomic mass is 79.9. The predicted octanol–water partition coefficient (Wildman–Crippen LogP) is 2.80. The van der Waals surface area contributed by atoms with E-state index < -0.39 is 16.0 Å². The second-order valence-corrected chi connectivity index (χ2v) is 7.64. The molecular weight excluding hydrogens is 380 g/mol. The summed E-state index contributed by atoms with van der Waals surface area (Å²) in [4.78, 5) is 15.3. The standard InChI is InChI=1S/C12H11BrN2O4S2/c1-7-5-8(3-4-9(7)13)15-21(17,18)12-10(11(16)19-2)14-6-20-12/h3-6,15H,1-2H3. The first-order valence-corrected chi connectivity index (χ1v) is 8.81. The van der Waals surface area contributed by atoms with E-state index in [1.54, 1.807) is 18.2 Å². The number of benzene rings is 1. The highest BCUT2D eigenvalue weighted by molar-refractivity contribution is 9.10. The van der Waals surface area contributed by atoms with E-state index >= 15 is 0 Å². The van der Waals surface area contributed by atoms with Crippen molar-refractivity contribution >= 4 is 48.9 Å². The van der Waals surface area contributed by atoms with Crippen molar-refractivity contribution < 1.29 is 17.9 Å². The van der Waals surface area contributed by atoms with Crippen LogP contribution < -0.4 is 4.72 Å². The minimum atomic E-state index is -3.90. The smallest absolute Gasteiger partial charge is 0.358 e. The lowest BCUT2D eigenvalue weighted by Gasteiger charge is -2.08. The van der Waals surface area contributed by atoms with Gasteiger partial charge in [0.1, 0.15) is 0 Å². The van der Waals surface area contributed by atoms with Crippen LogP contribution in [-0.4, -0.2) is 26.5 Å². The van der Waals surface area contributed by atoms with Gasteiger partial charge in [-0.05, 0) is 30.7 Å². The van der Waals surface area contributed by atoms with Gasteiger partial charge in [0.15, 0.2) is 9.90 Å². The number of nitrogens with one attached hydrogen (secondary N) is 1. The Morgan fingerprint density at radius 1 is 1.43 bits per heavy atom. The van der Waals surface area contributed by atoms with Gasteiger partial charge in [0, 0.05) is 10.2 Å². The van der Waals surface area contributed by atoms with E-state index in [-0.39, 0.29) is 9.90 Å². The van der Waals surface area contributed by atoms with Crippen LogP contribution in [0.1, 0.15) is 16.1 Å². The molecular formula is C12H11BrN2O4S2. The predicted molar refractivity (Wildman–Crippen MR) is 83.1 cm³/mol. The Hall–Kier alpha value is -1.45. The van der Waals surface area contributed by atoms with E-state index in [4.69, 9.17) is 0 Å². The molecule has 0 aliphatic carbocycles. The van der Waals surface area contributed by atoms with Crippen molar-refractivity contribution in [2.75, 3.05) is 11.8 Å². The molecule has 1 heterocycles. The zero-order valence-electron chi connectivity index (χ0n) is 11.1. The van der Waals surface area contributed by atoms with Crippen molar-refractivity contribution in [3.63, 3.8) is 0 Å². The Bertz CT molecular complexity index is 786. The number of hydrogen-bond acceptors (Lipinski definition) is 6. The Labute approximate surface area is 134 Å². The molecule has 2 rings (SSSR count). The molecule has 0 saturated heterocycles. The zero-order chi connectivity index (χ0) is 15.6. The third kappa shape index (κ3) is 3.42. The number of hydrogen-bond donors (Lipinski definition) is 1. The van der Waals surface area contributed by atoms with Crippen molar-refractivity contribution in [1.82, 2.24) is 4.98 Å². The molecule has 0 unspecified atom stereocenters. The molecule has 1 N–H and O–H groups in total. The topological polar surface area (TPSA) is 85.4 Å². The number of esters is 1. The van der Waals surface area contributed by atoms with Gasteiger partial charge in [-0.3, -0.25) is 4.72 Å². The summed E-state index contributed by atoms with van der Waals surface area (Å²) in [6, 6.07) is 5.04. The molecule has 0 aliphatic heterocycles. The van der Waals surface area contributed by atoms with E-state index in [2.05, 4.69) is 30.4 Å². The summed E-state index contributed by atoms with van der Waals surface area (Å²) < 4.78 is 32.3. The van der Waals surface area contributed by atoms with Crippen molar-refractivity contribution in [3.05, 3.63) is 39.4 Å². The van der Waals surface area contributed by atoms with Gasteiger partial charge in [0.2, 0.25) is 0 Å². The van der Waals surface area contributed by atoms with E-state index in [1.165, 1.54) is 12.6 Å². The molecule has 21 heavy (non-hydrogen) atoms. The fourth-order valence-corrected chi connectivity index (χ4v) is 4.00. The zero-order valence-corrected chi connectivity index (χ0v) is 14.3.